The molecule has 10 heavy (non-hydrogen) atoms. The molecular formula is C7H13NO2. The zero-order chi connectivity index (χ0) is 7.40. The molecule has 1 saturated heterocycles. The molecule has 0 amide bonds. The first-order valence-electron chi connectivity index (χ1n) is 3.61. The number of ether oxygens (including phenoxy) is 1. The van der Waals surface area contributed by atoms with Gasteiger partial charge in [0, 0.05) is 6.42 Å². The summed E-state index contributed by atoms with van der Waals surface area (Å²) in [5, 5.41) is 2.82. The molecule has 0 radical (unpaired) electrons. The lowest BCUT2D eigenvalue weighted by Crippen LogP contribution is -2.18. The number of hydrogen-bond donors (Lipinski definition) is 1. The maximum Gasteiger partial charge on any atom is 0.146 e. The Balaban J connectivity index is 1.94. The third kappa shape index (κ3) is 2.94. The van der Waals surface area contributed by atoms with Crippen LogP contribution in [0.2, 0.25) is 0 Å². The molecule has 1 aliphatic rings. The minimum absolute atomic E-state index is 0.276. The Labute approximate surface area is 60.7 Å². The fourth-order valence-electron chi connectivity index (χ4n) is 0.842. The predicted octanol–water partition coefficient (Wildman–Crippen LogP) is -0.0461. The van der Waals surface area contributed by atoms with Crippen LogP contribution < -0.4 is 5.32 Å². The lowest BCUT2D eigenvalue weighted by molar-refractivity contribution is -0.118. The highest BCUT2D eigenvalue weighted by atomic mass is 16.6. The monoisotopic (exact) mass is 143 g/mol. The Hall–Kier alpha value is -0.410. The van der Waals surface area contributed by atoms with Gasteiger partial charge in [-0.2, -0.15) is 0 Å². The van der Waals surface area contributed by atoms with Crippen LogP contribution in [0.4, 0.5) is 0 Å². The van der Waals surface area contributed by atoms with Gasteiger partial charge in [-0.3, -0.25) is 4.79 Å². The van der Waals surface area contributed by atoms with Gasteiger partial charge < -0.3 is 10.1 Å². The smallest absolute Gasteiger partial charge is 0.146 e. The van der Waals surface area contributed by atoms with Crippen molar-refractivity contribution in [3.05, 3.63) is 0 Å². The number of ketones is 1. The van der Waals surface area contributed by atoms with Gasteiger partial charge in [-0.15, -0.1) is 0 Å². The average Bonchev–Trinajstić information content (AvgIpc) is 2.67. The van der Waals surface area contributed by atoms with Crippen molar-refractivity contribution in [3.63, 3.8) is 0 Å². The largest absolute Gasteiger partial charge is 0.373 e. The zero-order valence-corrected chi connectivity index (χ0v) is 6.22. The van der Waals surface area contributed by atoms with Gasteiger partial charge >= 0.3 is 0 Å². The summed E-state index contributed by atoms with van der Waals surface area (Å²) < 4.78 is 4.96. The number of epoxide rings is 1. The van der Waals surface area contributed by atoms with E-state index < -0.39 is 0 Å². The molecule has 0 spiro atoms. The van der Waals surface area contributed by atoms with E-state index in [1.54, 1.807) is 7.05 Å². The van der Waals surface area contributed by atoms with Gasteiger partial charge in [0.1, 0.15) is 5.78 Å². The standard InChI is InChI=1S/C7H13NO2/c1-8-4-6(9)2-3-7-5-10-7/h7-8H,2-5H2,1H3. The fourth-order valence-corrected chi connectivity index (χ4v) is 0.842. The molecule has 1 atom stereocenters. The molecule has 0 aromatic carbocycles. The molecule has 1 heterocycles. The molecule has 1 rings (SSSR count). The number of nitrogens with one attached hydrogen (secondary N) is 1. The molecule has 3 nitrogen and oxygen atoms in total. The summed E-state index contributed by atoms with van der Waals surface area (Å²) in [5.74, 6) is 0.276. The molecule has 3 heteroatoms. The highest BCUT2D eigenvalue weighted by molar-refractivity contribution is 5.80. The average molecular weight is 143 g/mol. The van der Waals surface area contributed by atoms with Gasteiger partial charge in [0.05, 0.1) is 19.3 Å². The van der Waals surface area contributed by atoms with E-state index in [0.29, 0.717) is 19.1 Å². The van der Waals surface area contributed by atoms with E-state index >= 15 is 0 Å². The van der Waals surface area contributed by atoms with E-state index in [2.05, 4.69) is 5.32 Å². The van der Waals surface area contributed by atoms with Crippen molar-refractivity contribution in [2.45, 2.75) is 18.9 Å². The van der Waals surface area contributed by atoms with Gasteiger partial charge in [-0.05, 0) is 13.5 Å². The molecule has 0 saturated carbocycles. The van der Waals surface area contributed by atoms with Crippen molar-refractivity contribution in [3.8, 4) is 0 Å². The first-order chi connectivity index (χ1) is 4.83. The molecule has 0 aromatic rings. The Bertz CT molecular complexity index is 121. The molecule has 1 N–H and O–H groups in total. The van der Waals surface area contributed by atoms with E-state index in [1.807, 2.05) is 0 Å². The summed E-state index contributed by atoms with van der Waals surface area (Å²) in [7, 11) is 1.78. The summed E-state index contributed by atoms with van der Waals surface area (Å²) in [6.07, 6.45) is 1.95. The molecule has 0 bridgehead atoms. The Morgan fingerprint density at radius 1 is 1.80 bits per heavy atom. The summed E-state index contributed by atoms with van der Waals surface area (Å²) in [6, 6.07) is 0. The van der Waals surface area contributed by atoms with Crippen LogP contribution in [0.1, 0.15) is 12.8 Å². The number of carbonyl (C=O) groups excluding carboxylic acids is 1. The molecular weight excluding hydrogens is 130 g/mol. The van der Waals surface area contributed by atoms with Crippen LogP contribution in [0.25, 0.3) is 0 Å². The van der Waals surface area contributed by atoms with Crippen molar-refractivity contribution >= 4 is 5.78 Å². The maximum atomic E-state index is 10.9. The molecule has 1 aliphatic heterocycles. The second-order valence-corrected chi connectivity index (χ2v) is 2.56. The van der Waals surface area contributed by atoms with E-state index in [0.717, 1.165) is 13.0 Å². The normalized spacial score (nSPS) is 22.7. The number of hydrogen-bond acceptors (Lipinski definition) is 3. The van der Waals surface area contributed by atoms with Gasteiger partial charge in [0.15, 0.2) is 0 Å². The van der Waals surface area contributed by atoms with Gasteiger partial charge in [-0.1, -0.05) is 0 Å². The molecule has 1 fully saturated rings. The van der Waals surface area contributed by atoms with Gasteiger partial charge in [0.2, 0.25) is 0 Å². The highest BCUT2D eigenvalue weighted by Gasteiger charge is 2.22. The molecule has 1 unspecified atom stereocenters. The van der Waals surface area contributed by atoms with Crippen LogP contribution in [-0.4, -0.2) is 32.1 Å². The van der Waals surface area contributed by atoms with Crippen molar-refractivity contribution in [2.75, 3.05) is 20.2 Å². The van der Waals surface area contributed by atoms with E-state index in [9.17, 15) is 4.79 Å². The van der Waals surface area contributed by atoms with Crippen LogP contribution in [0.15, 0.2) is 0 Å². The molecule has 58 valence electrons. The first-order valence-corrected chi connectivity index (χ1v) is 3.61. The van der Waals surface area contributed by atoms with Crippen molar-refractivity contribution in [1.82, 2.24) is 5.32 Å². The molecule has 0 aliphatic carbocycles. The third-order valence-electron chi connectivity index (χ3n) is 1.52. The van der Waals surface area contributed by atoms with Crippen LogP contribution in [0.3, 0.4) is 0 Å². The van der Waals surface area contributed by atoms with Crippen molar-refractivity contribution in [2.24, 2.45) is 0 Å². The summed E-state index contributed by atoms with van der Waals surface area (Å²) in [6.45, 7) is 1.35. The molecule has 0 aromatic heterocycles. The third-order valence-corrected chi connectivity index (χ3v) is 1.52. The Morgan fingerprint density at radius 3 is 3.00 bits per heavy atom. The zero-order valence-electron chi connectivity index (χ0n) is 6.22. The summed E-state index contributed by atoms with van der Waals surface area (Å²) in [5.41, 5.74) is 0. The van der Waals surface area contributed by atoms with E-state index in [1.165, 1.54) is 0 Å². The lowest BCUT2D eigenvalue weighted by atomic mass is 10.2. The van der Waals surface area contributed by atoms with Crippen LogP contribution in [0.5, 0.6) is 0 Å². The summed E-state index contributed by atoms with van der Waals surface area (Å²) in [4.78, 5) is 10.9. The topological polar surface area (TPSA) is 41.6 Å². The van der Waals surface area contributed by atoms with Crippen molar-refractivity contribution in [1.29, 1.82) is 0 Å². The van der Waals surface area contributed by atoms with Crippen LogP contribution in [0, 0.1) is 0 Å². The van der Waals surface area contributed by atoms with E-state index in [4.69, 9.17) is 4.74 Å². The second kappa shape index (κ2) is 3.68. The van der Waals surface area contributed by atoms with Gasteiger partial charge in [0.25, 0.3) is 0 Å². The lowest BCUT2D eigenvalue weighted by Gasteiger charge is -1.95. The summed E-state index contributed by atoms with van der Waals surface area (Å²) >= 11 is 0. The Morgan fingerprint density at radius 2 is 2.50 bits per heavy atom. The Kier molecular flexibility index (Phi) is 2.83. The van der Waals surface area contributed by atoms with Crippen molar-refractivity contribution < 1.29 is 9.53 Å². The van der Waals surface area contributed by atoms with E-state index in [-0.39, 0.29) is 5.78 Å². The first kappa shape index (κ1) is 7.69. The van der Waals surface area contributed by atoms with Gasteiger partial charge in [-0.25, -0.2) is 0 Å². The maximum absolute atomic E-state index is 10.9. The minimum Gasteiger partial charge on any atom is -0.373 e. The predicted molar refractivity (Wildman–Crippen MR) is 37.9 cm³/mol. The SMILES string of the molecule is CNCC(=O)CCC1CO1. The second-order valence-electron chi connectivity index (χ2n) is 2.56. The quantitative estimate of drug-likeness (QED) is 0.549. The fraction of sp³-hybridized carbons (Fsp3) is 0.857. The number of likely N-dealkylation sites (N-methyl/N-ethyl adjacent to an activating group) is 1. The highest BCUT2D eigenvalue weighted by Crippen LogP contribution is 2.14. The number of Topliss-reactive ketones (excluding diaryl/α,β-unsaturated/α-hetero) is 1. The number of carbonyl (C=O) groups is 1. The number of rotatable bonds is 5. The minimum atomic E-state index is 0.276. The van der Waals surface area contributed by atoms with Crippen LogP contribution >= 0.6 is 0 Å². The van der Waals surface area contributed by atoms with Crippen LogP contribution in [-0.2, 0) is 9.53 Å².